The number of rotatable bonds is 4. The number of hydrogen-bond acceptors (Lipinski definition) is 5. The number of fused-ring (bicyclic) bond motifs is 2. The van der Waals surface area contributed by atoms with Gasteiger partial charge in [-0.15, -0.1) is 0 Å². The summed E-state index contributed by atoms with van der Waals surface area (Å²) in [4.78, 5) is 19.5. The lowest BCUT2D eigenvalue weighted by molar-refractivity contribution is 0.627. The van der Waals surface area contributed by atoms with E-state index < -0.39 is 0 Å². The number of benzene rings is 2. The molecule has 8 heteroatoms. The summed E-state index contributed by atoms with van der Waals surface area (Å²) in [6.45, 7) is 1.88. The lowest BCUT2D eigenvalue weighted by atomic mass is 10.0. The maximum atomic E-state index is 14.1. The number of aromatic nitrogens is 6. The molecule has 7 nitrogen and oxygen atoms in total. The molecule has 4 heterocycles. The number of H-pyrrole nitrogens is 2. The van der Waals surface area contributed by atoms with Gasteiger partial charge >= 0.3 is 0 Å². The molecule has 0 saturated carbocycles. The molecule has 172 valence electrons. The fourth-order valence-electron chi connectivity index (χ4n) is 4.31. The van der Waals surface area contributed by atoms with Crippen LogP contribution in [0, 0.1) is 12.7 Å². The molecule has 6 aromatic rings. The van der Waals surface area contributed by atoms with Gasteiger partial charge in [0.25, 0.3) is 0 Å². The number of nitrogens with one attached hydrogen (secondary N) is 2. The van der Waals surface area contributed by atoms with Gasteiger partial charge in [-0.1, -0.05) is 18.2 Å². The van der Waals surface area contributed by atoms with E-state index in [2.05, 4.69) is 26.2 Å². The van der Waals surface area contributed by atoms with Crippen LogP contribution in [0.25, 0.3) is 56.0 Å². The van der Waals surface area contributed by atoms with Crippen molar-refractivity contribution in [1.82, 2.24) is 30.1 Å². The highest BCUT2D eigenvalue weighted by Crippen LogP contribution is 2.32. The Morgan fingerprint density at radius 1 is 0.857 bits per heavy atom. The van der Waals surface area contributed by atoms with Crippen molar-refractivity contribution in [1.29, 1.82) is 0 Å². The van der Waals surface area contributed by atoms with Crippen LogP contribution in [-0.2, 0) is 0 Å². The van der Waals surface area contributed by atoms with Crippen LogP contribution in [0.1, 0.15) is 5.56 Å². The molecule has 0 atom stereocenters. The molecule has 0 saturated heterocycles. The zero-order valence-electron chi connectivity index (χ0n) is 19.5. The quantitative estimate of drug-likeness (QED) is 0.348. The van der Waals surface area contributed by atoms with Crippen molar-refractivity contribution in [2.75, 3.05) is 19.0 Å². The number of anilines is 1. The van der Waals surface area contributed by atoms with Gasteiger partial charge < -0.3 is 9.88 Å². The number of pyridine rings is 2. The van der Waals surface area contributed by atoms with Gasteiger partial charge in [0.15, 0.2) is 11.5 Å². The van der Waals surface area contributed by atoms with Crippen LogP contribution in [-0.4, -0.2) is 44.2 Å². The lowest BCUT2D eigenvalue weighted by Gasteiger charge is -2.12. The average Bonchev–Trinajstić information content (AvgIpc) is 3.47. The predicted molar refractivity (Wildman–Crippen MR) is 137 cm³/mol. The molecule has 2 aromatic carbocycles. The van der Waals surface area contributed by atoms with Crippen molar-refractivity contribution >= 4 is 27.8 Å². The third kappa shape index (κ3) is 3.69. The van der Waals surface area contributed by atoms with E-state index in [0.29, 0.717) is 17.0 Å². The minimum absolute atomic E-state index is 0.268. The number of halogens is 1. The Hall–Kier alpha value is -4.59. The zero-order chi connectivity index (χ0) is 24.1. The third-order valence-electron chi connectivity index (χ3n) is 6.03. The second kappa shape index (κ2) is 8.02. The SMILES string of the molecule is Cc1cc(F)cc(-c2cccc3[nH]c(-c4n[nH]c5ccc(-c6cncc(N(C)C)c6)nc45)nc23)c1. The smallest absolute Gasteiger partial charge is 0.161 e. The van der Waals surface area contributed by atoms with Crippen molar-refractivity contribution in [3.8, 4) is 33.9 Å². The van der Waals surface area contributed by atoms with E-state index in [0.717, 1.165) is 50.2 Å². The highest BCUT2D eigenvalue weighted by molar-refractivity contribution is 5.96. The van der Waals surface area contributed by atoms with Crippen molar-refractivity contribution in [3.63, 3.8) is 0 Å². The molecule has 4 aromatic heterocycles. The van der Waals surface area contributed by atoms with Crippen LogP contribution in [0.5, 0.6) is 0 Å². The molecule has 0 aliphatic carbocycles. The standard InChI is InChI=1S/C27H22FN7/c1-15-9-16(11-18(28)10-15)20-5-4-6-22-24(20)32-27(31-22)26-25-23(33-34-26)8-7-21(30-25)17-12-19(35(2)3)14-29-13-17/h4-14H,1-3H3,(H,31,32)(H,33,34). The first-order valence-corrected chi connectivity index (χ1v) is 11.2. The van der Waals surface area contributed by atoms with E-state index in [1.165, 1.54) is 12.1 Å². The summed E-state index contributed by atoms with van der Waals surface area (Å²) >= 11 is 0. The van der Waals surface area contributed by atoms with Gasteiger partial charge in [0.1, 0.15) is 11.3 Å². The molecule has 0 bridgehead atoms. The molecule has 0 spiro atoms. The van der Waals surface area contributed by atoms with Gasteiger partial charge in [0.2, 0.25) is 0 Å². The van der Waals surface area contributed by atoms with Crippen molar-refractivity contribution in [3.05, 3.63) is 78.4 Å². The molecule has 6 rings (SSSR count). The Balaban J connectivity index is 1.48. The van der Waals surface area contributed by atoms with Gasteiger partial charge in [-0.3, -0.25) is 10.1 Å². The number of nitrogens with zero attached hydrogens (tertiary/aromatic N) is 5. The minimum Gasteiger partial charge on any atom is -0.376 e. The van der Waals surface area contributed by atoms with Crippen molar-refractivity contribution in [2.45, 2.75) is 6.92 Å². The van der Waals surface area contributed by atoms with Crippen LogP contribution in [0.15, 0.2) is 67.0 Å². The van der Waals surface area contributed by atoms with E-state index in [-0.39, 0.29) is 5.82 Å². The number of aryl methyl sites for hydroxylation is 1. The zero-order valence-corrected chi connectivity index (χ0v) is 19.5. The van der Waals surface area contributed by atoms with Crippen LogP contribution in [0.3, 0.4) is 0 Å². The van der Waals surface area contributed by atoms with Crippen molar-refractivity contribution in [2.24, 2.45) is 0 Å². The molecule has 0 aliphatic heterocycles. The summed E-state index contributed by atoms with van der Waals surface area (Å²) in [5, 5.41) is 7.56. The fourth-order valence-corrected chi connectivity index (χ4v) is 4.31. The molecule has 0 unspecified atom stereocenters. The van der Waals surface area contributed by atoms with Gasteiger partial charge in [-0.2, -0.15) is 5.10 Å². The number of aromatic amines is 2. The lowest BCUT2D eigenvalue weighted by Crippen LogP contribution is -2.08. The summed E-state index contributed by atoms with van der Waals surface area (Å²) in [6.07, 6.45) is 3.62. The van der Waals surface area contributed by atoms with Gasteiger partial charge in [0, 0.05) is 31.4 Å². The van der Waals surface area contributed by atoms with Crippen LogP contribution < -0.4 is 4.90 Å². The molecule has 0 amide bonds. The molecule has 0 radical (unpaired) electrons. The van der Waals surface area contributed by atoms with Gasteiger partial charge in [0.05, 0.1) is 34.1 Å². The minimum atomic E-state index is -0.268. The average molecular weight is 464 g/mol. The summed E-state index contributed by atoms with van der Waals surface area (Å²) in [5.41, 5.74) is 8.93. The largest absolute Gasteiger partial charge is 0.376 e. The molecular formula is C27H22FN7. The first-order chi connectivity index (χ1) is 17.0. The molecule has 35 heavy (non-hydrogen) atoms. The van der Waals surface area contributed by atoms with E-state index in [1.54, 1.807) is 6.20 Å². The monoisotopic (exact) mass is 463 g/mol. The molecule has 0 fully saturated rings. The highest BCUT2D eigenvalue weighted by atomic mass is 19.1. The predicted octanol–water partition coefficient (Wildman–Crippen LogP) is 5.74. The van der Waals surface area contributed by atoms with Crippen LogP contribution in [0.2, 0.25) is 0 Å². The summed E-state index contributed by atoms with van der Waals surface area (Å²) < 4.78 is 14.1. The molecular weight excluding hydrogens is 441 g/mol. The maximum Gasteiger partial charge on any atom is 0.161 e. The van der Waals surface area contributed by atoms with Crippen LogP contribution in [0.4, 0.5) is 10.1 Å². The highest BCUT2D eigenvalue weighted by Gasteiger charge is 2.17. The maximum absolute atomic E-state index is 14.1. The third-order valence-corrected chi connectivity index (χ3v) is 6.03. The number of para-hydroxylation sites is 1. The van der Waals surface area contributed by atoms with Crippen LogP contribution >= 0.6 is 0 Å². The first kappa shape index (κ1) is 21.0. The summed E-state index contributed by atoms with van der Waals surface area (Å²) in [6, 6.07) is 16.8. The number of hydrogen-bond donors (Lipinski definition) is 2. The van der Waals surface area contributed by atoms with E-state index in [9.17, 15) is 4.39 Å². The number of imidazole rings is 1. The molecule has 2 N–H and O–H groups in total. The Bertz CT molecular complexity index is 1690. The fraction of sp³-hybridized carbons (Fsp3) is 0.111. The Labute approximate surface area is 200 Å². The summed E-state index contributed by atoms with van der Waals surface area (Å²) in [5.74, 6) is 0.326. The van der Waals surface area contributed by atoms with E-state index in [4.69, 9.17) is 9.97 Å². The Morgan fingerprint density at radius 2 is 1.74 bits per heavy atom. The van der Waals surface area contributed by atoms with E-state index in [1.807, 2.05) is 68.5 Å². The van der Waals surface area contributed by atoms with Gasteiger partial charge in [-0.25, -0.2) is 14.4 Å². The van der Waals surface area contributed by atoms with E-state index >= 15 is 0 Å². The van der Waals surface area contributed by atoms with Crippen molar-refractivity contribution < 1.29 is 4.39 Å². The normalized spacial score (nSPS) is 11.4. The Kier molecular flexibility index (Phi) is 4.81. The first-order valence-electron chi connectivity index (χ1n) is 11.2. The van der Waals surface area contributed by atoms with Gasteiger partial charge in [-0.05, 0) is 54.4 Å². The summed E-state index contributed by atoms with van der Waals surface area (Å²) in [7, 11) is 3.96. The Morgan fingerprint density at radius 3 is 2.57 bits per heavy atom. The molecule has 0 aliphatic rings. The topological polar surface area (TPSA) is 86.4 Å². The second-order valence-corrected chi connectivity index (χ2v) is 8.80. The second-order valence-electron chi connectivity index (χ2n) is 8.80.